The number of hydrogen-bond donors (Lipinski definition) is 0. The average Bonchev–Trinajstić information content (AvgIpc) is 2.03. The Morgan fingerprint density at radius 3 is 2.67 bits per heavy atom. The van der Waals surface area contributed by atoms with E-state index in [1.54, 1.807) is 24.3 Å². The molecule has 0 spiro atoms. The Hall–Kier alpha value is -1.46. The number of carboxylic acids is 1. The fourth-order valence-corrected chi connectivity index (χ4v) is 0.864. The normalized spacial score (nSPS) is 8.42. The van der Waals surface area contributed by atoms with Crippen LogP contribution in [0.2, 0.25) is 5.02 Å². The molecular weight excluding hydrogens is 176 g/mol. The van der Waals surface area contributed by atoms with Gasteiger partial charge in [0.25, 0.3) is 0 Å². The Kier molecular flexibility index (Phi) is 2.73. The van der Waals surface area contributed by atoms with Crippen LogP contribution in [-0.4, -0.2) is 5.97 Å². The molecule has 0 aliphatic rings. The summed E-state index contributed by atoms with van der Waals surface area (Å²) in [5, 5.41) is 10.4. The van der Waals surface area contributed by atoms with Crippen molar-refractivity contribution < 1.29 is 9.90 Å². The number of carboxylic acid groups (broad SMARTS) is 1. The van der Waals surface area contributed by atoms with E-state index < -0.39 is 5.97 Å². The summed E-state index contributed by atoms with van der Waals surface area (Å²) in [7, 11) is 0. The number of benzene rings is 1. The monoisotopic (exact) mass is 179 g/mol. The van der Waals surface area contributed by atoms with Crippen LogP contribution in [0, 0.1) is 11.8 Å². The van der Waals surface area contributed by atoms with Gasteiger partial charge in [-0.15, -0.1) is 0 Å². The van der Waals surface area contributed by atoms with Gasteiger partial charge in [-0.3, -0.25) is 0 Å². The first-order valence-electron chi connectivity index (χ1n) is 3.17. The summed E-state index contributed by atoms with van der Waals surface area (Å²) in [4.78, 5) is 9.96. The van der Waals surface area contributed by atoms with Gasteiger partial charge in [0.05, 0.1) is 5.02 Å². The van der Waals surface area contributed by atoms with Crippen LogP contribution in [0.25, 0.3) is 0 Å². The molecular formula is C9H4ClO2-. The molecule has 0 N–H and O–H groups in total. The van der Waals surface area contributed by atoms with Crippen molar-refractivity contribution >= 4 is 17.6 Å². The molecule has 3 heteroatoms. The lowest BCUT2D eigenvalue weighted by Gasteiger charge is -1.92. The van der Waals surface area contributed by atoms with Gasteiger partial charge in [0.1, 0.15) is 5.97 Å². The topological polar surface area (TPSA) is 40.1 Å². The Morgan fingerprint density at radius 2 is 2.08 bits per heavy atom. The highest BCUT2D eigenvalue weighted by Crippen LogP contribution is 2.12. The van der Waals surface area contributed by atoms with Gasteiger partial charge in [-0.25, -0.2) is 0 Å². The van der Waals surface area contributed by atoms with Crippen molar-refractivity contribution in [3.8, 4) is 11.8 Å². The van der Waals surface area contributed by atoms with Crippen molar-refractivity contribution in [2.24, 2.45) is 0 Å². The van der Waals surface area contributed by atoms with Crippen LogP contribution >= 0.6 is 11.6 Å². The molecule has 0 fully saturated rings. The van der Waals surface area contributed by atoms with E-state index in [9.17, 15) is 9.90 Å². The third-order valence-electron chi connectivity index (χ3n) is 1.17. The Labute approximate surface area is 74.8 Å². The van der Waals surface area contributed by atoms with E-state index in [0.717, 1.165) is 0 Å². The van der Waals surface area contributed by atoms with Crippen LogP contribution in [0.5, 0.6) is 0 Å². The van der Waals surface area contributed by atoms with Crippen molar-refractivity contribution in [2.75, 3.05) is 0 Å². The van der Waals surface area contributed by atoms with Gasteiger partial charge in [0, 0.05) is 5.56 Å². The number of rotatable bonds is 0. The first-order valence-corrected chi connectivity index (χ1v) is 3.55. The molecule has 0 aromatic heterocycles. The molecule has 12 heavy (non-hydrogen) atoms. The molecule has 1 aromatic rings. The van der Waals surface area contributed by atoms with Gasteiger partial charge in [0.15, 0.2) is 0 Å². The molecule has 0 aliphatic heterocycles. The molecule has 0 heterocycles. The molecule has 0 bridgehead atoms. The van der Waals surface area contributed by atoms with Gasteiger partial charge >= 0.3 is 0 Å². The summed E-state index contributed by atoms with van der Waals surface area (Å²) < 4.78 is 0. The smallest absolute Gasteiger partial charge is 0.116 e. The zero-order valence-electron chi connectivity index (χ0n) is 6.00. The van der Waals surface area contributed by atoms with Gasteiger partial charge < -0.3 is 9.90 Å². The molecule has 0 aliphatic carbocycles. The van der Waals surface area contributed by atoms with Gasteiger partial charge in [-0.1, -0.05) is 29.7 Å². The van der Waals surface area contributed by atoms with Crippen LogP contribution in [0.4, 0.5) is 0 Å². The lowest BCUT2D eigenvalue weighted by Crippen LogP contribution is -2.19. The van der Waals surface area contributed by atoms with E-state index >= 15 is 0 Å². The minimum atomic E-state index is -1.41. The number of halogens is 1. The average molecular weight is 180 g/mol. The molecule has 0 amide bonds. The first-order chi connectivity index (χ1) is 5.70. The summed E-state index contributed by atoms with van der Waals surface area (Å²) >= 11 is 5.69. The molecule has 1 aromatic carbocycles. The van der Waals surface area contributed by atoms with Crippen molar-refractivity contribution in [3.63, 3.8) is 0 Å². The molecule has 0 atom stereocenters. The second-order valence-corrected chi connectivity index (χ2v) is 2.42. The fourth-order valence-electron chi connectivity index (χ4n) is 0.681. The summed E-state index contributed by atoms with van der Waals surface area (Å²) in [6.45, 7) is 0. The van der Waals surface area contributed by atoms with E-state index in [1.165, 1.54) is 0 Å². The SMILES string of the molecule is O=C([O-])C#Cc1ccccc1Cl. The van der Waals surface area contributed by atoms with Gasteiger partial charge in [-0.2, -0.15) is 0 Å². The molecule has 0 unspecified atom stereocenters. The largest absolute Gasteiger partial charge is 0.537 e. The van der Waals surface area contributed by atoms with E-state index in [1.807, 2.05) is 5.92 Å². The Morgan fingerprint density at radius 1 is 1.42 bits per heavy atom. The number of carbonyl (C=O) groups excluding carboxylic acids is 1. The zero-order chi connectivity index (χ0) is 8.97. The van der Waals surface area contributed by atoms with Gasteiger partial charge in [-0.05, 0) is 18.1 Å². The highest BCUT2D eigenvalue weighted by atomic mass is 35.5. The summed E-state index contributed by atoms with van der Waals surface area (Å²) in [5.74, 6) is 2.83. The van der Waals surface area contributed by atoms with Crippen LogP contribution in [-0.2, 0) is 4.79 Å². The van der Waals surface area contributed by atoms with Crippen LogP contribution < -0.4 is 5.11 Å². The highest BCUT2D eigenvalue weighted by Gasteiger charge is 1.91. The molecule has 0 saturated carbocycles. The van der Waals surface area contributed by atoms with Crippen molar-refractivity contribution in [2.45, 2.75) is 0 Å². The predicted molar refractivity (Wildman–Crippen MR) is 43.3 cm³/mol. The molecule has 60 valence electrons. The number of aliphatic carboxylic acids is 1. The number of hydrogen-bond acceptors (Lipinski definition) is 2. The van der Waals surface area contributed by atoms with Crippen LogP contribution in [0.3, 0.4) is 0 Å². The third kappa shape index (κ3) is 2.30. The molecule has 0 saturated heterocycles. The van der Waals surface area contributed by atoms with Gasteiger partial charge in [0.2, 0.25) is 0 Å². The summed E-state index contributed by atoms with van der Waals surface area (Å²) in [6.07, 6.45) is 0. The fraction of sp³-hybridized carbons (Fsp3) is 0. The molecule has 1 rings (SSSR count). The van der Waals surface area contributed by atoms with Crippen LogP contribution in [0.1, 0.15) is 5.56 Å². The van der Waals surface area contributed by atoms with Crippen molar-refractivity contribution in [1.82, 2.24) is 0 Å². The standard InChI is InChI=1S/C9H5ClO2/c10-8-4-2-1-3-7(8)5-6-9(11)12/h1-4H,(H,11,12)/p-1. The van der Waals surface area contributed by atoms with Crippen LogP contribution in [0.15, 0.2) is 24.3 Å². The lowest BCUT2D eigenvalue weighted by atomic mass is 10.2. The van der Waals surface area contributed by atoms with E-state index in [4.69, 9.17) is 11.6 Å². The Balaban J connectivity index is 2.99. The van der Waals surface area contributed by atoms with E-state index in [-0.39, 0.29) is 0 Å². The molecule has 2 nitrogen and oxygen atoms in total. The van der Waals surface area contributed by atoms with E-state index in [2.05, 4.69) is 5.92 Å². The minimum Gasteiger partial charge on any atom is -0.537 e. The lowest BCUT2D eigenvalue weighted by molar-refractivity contribution is -0.295. The second-order valence-electron chi connectivity index (χ2n) is 2.02. The predicted octanol–water partition coefficient (Wildman–Crippen LogP) is 0.441. The third-order valence-corrected chi connectivity index (χ3v) is 1.50. The van der Waals surface area contributed by atoms with E-state index in [0.29, 0.717) is 10.6 Å². The number of carbonyl (C=O) groups is 1. The maximum atomic E-state index is 9.96. The highest BCUT2D eigenvalue weighted by molar-refractivity contribution is 6.31. The quantitative estimate of drug-likeness (QED) is 0.543. The Bertz CT molecular complexity index is 360. The summed E-state index contributed by atoms with van der Waals surface area (Å²) in [6, 6.07) is 6.75. The minimum absolute atomic E-state index is 0.436. The summed E-state index contributed by atoms with van der Waals surface area (Å²) in [5.41, 5.74) is 0.489. The maximum Gasteiger partial charge on any atom is 0.116 e. The zero-order valence-corrected chi connectivity index (χ0v) is 6.76. The molecule has 0 radical (unpaired) electrons. The first kappa shape index (κ1) is 8.63. The maximum absolute atomic E-state index is 9.96. The van der Waals surface area contributed by atoms with Crippen molar-refractivity contribution in [3.05, 3.63) is 34.9 Å². The van der Waals surface area contributed by atoms with Crippen molar-refractivity contribution in [1.29, 1.82) is 0 Å². The second kappa shape index (κ2) is 3.80.